The molecule has 2 N–H and O–H groups in total. The van der Waals surface area contributed by atoms with Crippen molar-refractivity contribution in [2.75, 3.05) is 27.2 Å². The van der Waals surface area contributed by atoms with Gasteiger partial charge in [0.2, 0.25) is 0 Å². The van der Waals surface area contributed by atoms with E-state index in [4.69, 9.17) is 9.47 Å². The summed E-state index contributed by atoms with van der Waals surface area (Å²) in [5.41, 5.74) is 4.95. The van der Waals surface area contributed by atoms with E-state index >= 15 is 0 Å². The molecule has 0 bridgehead atoms. The molecule has 1 unspecified atom stereocenters. The number of esters is 1. The molecule has 0 radical (unpaired) electrons. The number of hydrogen-bond acceptors (Lipinski definition) is 7. The molecule has 42 heavy (non-hydrogen) atoms. The molecule has 228 valence electrons. The topological polar surface area (TPSA) is 82.5 Å². The molecule has 3 aromatic rings. The first-order chi connectivity index (χ1) is 19.9. The fourth-order valence-electron chi connectivity index (χ4n) is 5.46. The molecule has 0 spiro atoms. The Kier molecular flexibility index (Phi) is 10.3. The minimum Gasteiger partial charge on any atom is -0.487 e. The molecular formula is C33H43FN2O5S. The number of fused-ring (bicyclic) bond motifs is 1. The van der Waals surface area contributed by atoms with E-state index in [9.17, 15) is 18.3 Å². The Morgan fingerprint density at radius 2 is 1.83 bits per heavy atom. The molecule has 1 aliphatic rings. The number of nitrogens with zero attached hydrogens (tertiary/aromatic N) is 2. The molecular weight excluding hydrogens is 555 g/mol. The highest BCUT2D eigenvalue weighted by Crippen LogP contribution is 2.57. The van der Waals surface area contributed by atoms with Gasteiger partial charge in [-0.15, -0.1) is 10.8 Å². The maximum atomic E-state index is 14.9. The Bertz CT molecular complexity index is 1410. The van der Waals surface area contributed by atoms with Gasteiger partial charge in [0.25, 0.3) is 0 Å². The van der Waals surface area contributed by atoms with Crippen LogP contribution in [0.15, 0.2) is 59.5 Å². The van der Waals surface area contributed by atoms with Gasteiger partial charge in [-0.2, -0.15) is 4.31 Å². The van der Waals surface area contributed by atoms with Crippen LogP contribution in [0.3, 0.4) is 0 Å². The van der Waals surface area contributed by atoms with E-state index in [-0.39, 0.29) is 43.4 Å². The van der Waals surface area contributed by atoms with Crippen molar-refractivity contribution in [3.63, 3.8) is 0 Å². The van der Waals surface area contributed by atoms with Gasteiger partial charge in [-0.1, -0.05) is 43.3 Å². The summed E-state index contributed by atoms with van der Waals surface area (Å²) in [5, 5.41) is 0. The summed E-state index contributed by atoms with van der Waals surface area (Å²) in [6.45, 7) is 8.96. The van der Waals surface area contributed by atoms with Crippen molar-refractivity contribution >= 4 is 16.7 Å². The fraction of sp³-hybridized carbons (Fsp3) is 0.424. The molecule has 7 nitrogen and oxygen atoms in total. The molecule has 1 heterocycles. The lowest BCUT2D eigenvalue weighted by Crippen LogP contribution is -2.34. The molecule has 0 saturated heterocycles. The number of aryl methyl sites for hydroxylation is 2. The van der Waals surface area contributed by atoms with Crippen molar-refractivity contribution in [3.8, 4) is 5.75 Å². The number of hydrogen-bond donors (Lipinski definition) is 2. The fourth-order valence-corrected chi connectivity index (χ4v) is 7.08. The molecule has 0 amide bonds. The van der Waals surface area contributed by atoms with Crippen LogP contribution in [0.4, 0.5) is 4.39 Å². The molecule has 9 heteroatoms. The standard InChI is InChI=1S/C33H43FN2O5S/c1-7-27-21-36(42(38,39)32-12-10-9-11-31(32)41-27)20-25-16-24(14-13-22(25)3)29(18-33(37)40-8-2)28-17-26(19-35(5)6)30(34)15-23(28)4/h9-17,27,29,38-39H,7-8,18-21H2,1-6H3/t27-,29?/m1/s1. The number of para-hydroxylation sites is 1. The van der Waals surface area contributed by atoms with E-state index in [0.717, 1.165) is 27.8 Å². The predicted molar refractivity (Wildman–Crippen MR) is 165 cm³/mol. The second-order valence-electron chi connectivity index (χ2n) is 11.2. The van der Waals surface area contributed by atoms with E-state index in [1.54, 1.807) is 29.4 Å². The first-order valence-electron chi connectivity index (χ1n) is 14.4. The summed E-state index contributed by atoms with van der Waals surface area (Å²) >= 11 is 0. The Balaban J connectivity index is 1.77. The first-order valence-corrected chi connectivity index (χ1v) is 15.9. The van der Waals surface area contributed by atoms with Crippen molar-refractivity contribution in [1.29, 1.82) is 0 Å². The van der Waals surface area contributed by atoms with Gasteiger partial charge < -0.3 is 14.4 Å². The van der Waals surface area contributed by atoms with Crippen molar-refractivity contribution < 1.29 is 27.8 Å². The summed E-state index contributed by atoms with van der Waals surface area (Å²) in [6.07, 6.45) is 0.597. The van der Waals surface area contributed by atoms with Crippen LogP contribution in [0.2, 0.25) is 0 Å². The monoisotopic (exact) mass is 598 g/mol. The highest BCUT2D eigenvalue weighted by Gasteiger charge is 2.35. The lowest BCUT2D eigenvalue weighted by Gasteiger charge is -2.42. The molecule has 0 fully saturated rings. The second-order valence-corrected chi connectivity index (χ2v) is 13.2. The molecule has 0 aliphatic carbocycles. The minimum absolute atomic E-state index is 0.0994. The van der Waals surface area contributed by atoms with E-state index in [1.165, 1.54) is 6.07 Å². The average Bonchev–Trinajstić information content (AvgIpc) is 3.04. The minimum atomic E-state index is -3.33. The number of halogens is 1. The molecule has 1 aliphatic heterocycles. The summed E-state index contributed by atoms with van der Waals surface area (Å²) < 4.78 is 51.2. The third kappa shape index (κ3) is 7.15. The average molecular weight is 599 g/mol. The van der Waals surface area contributed by atoms with Crippen molar-refractivity contribution in [3.05, 3.63) is 93.8 Å². The van der Waals surface area contributed by atoms with Gasteiger partial charge in [0.1, 0.15) is 22.6 Å². The Labute approximate surface area is 250 Å². The maximum Gasteiger partial charge on any atom is 0.306 e. The Morgan fingerprint density at radius 3 is 2.52 bits per heavy atom. The van der Waals surface area contributed by atoms with E-state index in [2.05, 4.69) is 0 Å². The largest absolute Gasteiger partial charge is 0.487 e. The van der Waals surface area contributed by atoms with E-state index in [1.807, 2.05) is 70.1 Å². The summed E-state index contributed by atoms with van der Waals surface area (Å²) in [4.78, 5) is 15.1. The molecule has 4 rings (SSSR count). The van der Waals surface area contributed by atoms with Crippen LogP contribution in [0.25, 0.3) is 0 Å². The first kappa shape index (κ1) is 32.0. The predicted octanol–water partition coefficient (Wildman–Crippen LogP) is 7.29. The SMILES string of the molecule is CCOC(=O)CC(c1ccc(C)c(CN2C[C@@H](CC)Oc3ccccc3S2(O)O)c1)c1cc(CN(C)C)c(F)cc1C. The molecule has 0 aromatic heterocycles. The van der Waals surface area contributed by atoms with Crippen molar-refractivity contribution in [2.45, 2.75) is 70.5 Å². The third-order valence-corrected chi connectivity index (χ3v) is 9.68. The molecule has 2 atom stereocenters. The summed E-state index contributed by atoms with van der Waals surface area (Å²) in [5.74, 6) is -0.485. The van der Waals surface area contributed by atoms with E-state index < -0.39 is 10.8 Å². The van der Waals surface area contributed by atoms with Crippen LogP contribution in [0.5, 0.6) is 5.75 Å². The van der Waals surface area contributed by atoms with Crippen molar-refractivity contribution in [1.82, 2.24) is 9.21 Å². The summed E-state index contributed by atoms with van der Waals surface area (Å²) in [6, 6.07) is 16.5. The van der Waals surface area contributed by atoms with Gasteiger partial charge in [0.15, 0.2) is 0 Å². The second kappa shape index (κ2) is 13.6. The summed E-state index contributed by atoms with van der Waals surface area (Å²) in [7, 11) is 0.450. The number of rotatable bonds is 10. The van der Waals surface area contributed by atoms with Crippen LogP contribution in [-0.4, -0.2) is 57.6 Å². The quantitative estimate of drug-likeness (QED) is 0.237. The molecule has 0 saturated carbocycles. The zero-order valence-corrected chi connectivity index (χ0v) is 26.2. The highest BCUT2D eigenvalue weighted by atomic mass is 32.3. The van der Waals surface area contributed by atoms with Crippen LogP contribution in [0, 0.1) is 19.7 Å². The lowest BCUT2D eigenvalue weighted by atomic mass is 9.83. The Hall–Kier alpha value is -2.95. The van der Waals surface area contributed by atoms with Crippen LogP contribution < -0.4 is 4.74 Å². The number of carbonyl (C=O) groups excluding carboxylic acids is 1. The Morgan fingerprint density at radius 1 is 1.10 bits per heavy atom. The number of carbonyl (C=O) groups is 1. The van der Waals surface area contributed by atoms with Crippen molar-refractivity contribution in [2.24, 2.45) is 0 Å². The van der Waals surface area contributed by atoms with Crippen LogP contribution >= 0.6 is 10.8 Å². The zero-order valence-electron chi connectivity index (χ0n) is 25.4. The van der Waals surface area contributed by atoms with Gasteiger partial charge in [0.05, 0.1) is 19.6 Å². The smallest absolute Gasteiger partial charge is 0.306 e. The highest BCUT2D eigenvalue weighted by molar-refractivity contribution is 8.22. The third-order valence-electron chi connectivity index (χ3n) is 7.76. The normalized spacial score (nSPS) is 18.1. The molecule has 3 aromatic carbocycles. The van der Waals surface area contributed by atoms with Crippen LogP contribution in [0.1, 0.15) is 66.0 Å². The van der Waals surface area contributed by atoms with Gasteiger partial charge in [-0.25, -0.2) is 4.39 Å². The zero-order chi connectivity index (χ0) is 30.6. The van der Waals surface area contributed by atoms with E-state index in [0.29, 0.717) is 35.7 Å². The number of ether oxygens (including phenoxy) is 2. The van der Waals surface area contributed by atoms with Gasteiger partial charge in [-0.3, -0.25) is 13.9 Å². The maximum absolute atomic E-state index is 14.9. The van der Waals surface area contributed by atoms with Gasteiger partial charge in [-0.05, 0) is 87.3 Å². The lowest BCUT2D eigenvalue weighted by molar-refractivity contribution is -0.143. The van der Waals surface area contributed by atoms with Gasteiger partial charge in [0, 0.05) is 24.6 Å². The van der Waals surface area contributed by atoms with Gasteiger partial charge >= 0.3 is 5.97 Å². The van der Waals surface area contributed by atoms with Crippen LogP contribution in [-0.2, 0) is 22.6 Å². The number of benzene rings is 3.